The largest absolute Gasteiger partial charge is 0.445 e. The molecule has 5 aromatic rings. The van der Waals surface area contributed by atoms with E-state index in [1.165, 1.54) is 16.8 Å². The van der Waals surface area contributed by atoms with Crippen molar-refractivity contribution in [2.75, 3.05) is 0 Å². The summed E-state index contributed by atoms with van der Waals surface area (Å²) < 4.78 is 6.71. The summed E-state index contributed by atoms with van der Waals surface area (Å²) in [5, 5.41) is 3.04. The van der Waals surface area contributed by atoms with Gasteiger partial charge in [-0.2, -0.15) is 0 Å². The summed E-state index contributed by atoms with van der Waals surface area (Å²) in [7, 11) is 0. The number of oxazole rings is 1. The van der Waals surface area contributed by atoms with E-state index in [0.29, 0.717) is 17.2 Å². The summed E-state index contributed by atoms with van der Waals surface area (Å²) in [5.41, 5.74) is 4.14. The lowest BCUT2D eigenvalue weighted by atomic mass is 10.1. The molecule has 0 aliphatic rings. The molecule has 0 saturated heterocycles. The topological polar surface area (TPSA) is 89.1 Å². The van der Waals surface area contributed by atoms with Gasteiger partial charge in [-0.05, 0) is 24.3 Å². The van der Waals surface area contributed by atoms with Crippen LogP contribution in [0.25, 0.3) is 39.7 Å². The Morgan fingerprint density at radius 2 is 1.74 bits per heavy atom. The van der Waals surface area contributed by atoms with E-state index in [0.717, 1.165) is 22.5 Å². The number of nitrogens with one attached hydrogen (secondary N) is 1. The summed E-state index contributed by atoms with van der Waals surface area (Å²) in [6, 6.07) is 16.5. The number of hydrogen-bond donors (Lipinski definition) is 1. The lowest BCUT2D eigenvalue weighted by Crippen LogP contribution is -2.14. The molecule has 7 nitrogen and oxygen atoms in total. The molecule has 0 fully saturated rings. The molecule has 0 spiro atoms. The quantitative estimate of drug-likeness (QED) is 0.536. The van der Waals surface area contributed by atoms with Crippen LogP contribution in [0.1, 0.15) is 0 Å². The number of aromatic nitrogens is 5. The zero-order valence-electron chi connectivity index (χ0n) is 14.0. The molecule has 27 heavy (non-hydrogen) atoms. The minimum atomic E-state index is -0.186. The summed E-state index contributed by atoms with van der Waals surface area (Å²) in [6.45, 7) is 0. The number of rotatable bonds is 3. The van der Waals surface area contributed by atoms with Crippen LogP contribution in [0.2, 0.25) is 0 Å². The molecule has 1 aromatic carbocycles. The number of nitrogens with zero attached hydrogens (tertiary/aromatic N) is 4. The Hall–Kier alpha value is -4.00. The molecule has 130 valence electrons. The highest BCUT2D eigenvalue weighted by atomic mass is 16.3. The van der Waals surface area contributed by atoms with Gasteiger partial charge in [-0.1, -0.05) is 18.2 Å². The number of benzene rings is 1. The van der Waals surface area contributed by atoms with Crippen LogP contribution in [-0.4, -0.2) is 24.6 Å². The van der Waals surface area contributed by atoms with Gasteiger partial charge in [0.15, 0.2) is 5.65 Å². The molecule has 5 rings (SSSR count). The van der Waals surface area contributed by atoms with Crippen molar-refractivity contribution in [1.82, 2.24) is 24.6 Å². The molecule has 0 unspecified atom stereocenters. The van der Waals surface area contributed by atoms with Gasteiger partial charge in [0.05, 0.1) is 23.3 Å². The number of fused-ring (bicyclic) bond motifs is 1. The zero-order chi connectivity index (χ0) is 18.2. The average Bonchev–Trinajstić information content (AvgIpc) is 3.39. The predicted octanol–water partition coefficient (Wildman–Crippen LogP) is 3.41. The van der Waals surface area contributed by atoms with Crippen LogP contribution in [0.4, 0.5) is 0 Å². The van der Waals surface area contributed by atoms with Crippen molar-refractivity contribution < 1.29 is 4.42 Å². The summed E-state index contributed by atoms with van der Waals surface area (Å²) in [5.74, 6) is 0.552. The highest BCUT2D eigenvalue weighted by molar-refractivity contribution is 5.67. The van der Waals surface area contributed by atoms with Crippen molar-refractivity contribution >= 4 is 5.65 Å². The molecule has 0 radical (unpaired) electrons. The first-order valence-corrected chi connectivity index (χ1v) is 8.32. The fraction of sp³-hybridized carbons (Fsp3) is 0. The van der Waals surface area contributed by atoms with Gasteiger partial charge in [0.1, 0.15) is 6.26 Å². The Labute approximate surface area is 153 Å². The second kappa shape index (κ2) is 6.06. The van der Waals surface area contributed by atoms with Crippen molar-refractivity contribution in [3.63, 3.8) is 0 Å². The van der Waals surface area contributed by atoms with Crippen LogP contribution in [0.3, 0.4) is 0 Å². The van der Waals surface area contributed by atoms with E-state index in [1.807, 2.05) is 48.5 Å². The first-order chi connectivity index (χ1) is 13.3. The van der Waals surface area contributed by atoms with Crippen molar-refractivity contribution in [2.45, 2.75) is 0 Å². The Balaban J connectivity index is 1.57. The van der Waals surface area contributed by atoms with Gasteiger partial charge >= 0.3 is 0 Å². The molecule has 0 aliphatic carbocycles. The SMILES string of the molecule is O=c1cc(-c2ccc(-c3ncco3)cc2)nc2cc(-c3ccccn3)[nH]n12. The maximum atomic E-state index is 12.5. The highest BCUT2D eigenvalue weighted by Crippen LogP contribution is 2.23. The van der Waals surface area contributed by atoms with E-state index < -0.39 is 0 Å². The van der Waals surface area contributed by atoms with Crippen LogP contribution in [0, 0.1) is 0 Å². The van der Waals surface area contributed by atoms with E-state index in [4.69, 9.17) is 4.42 Å². The third kappa shape index (κ3) is 2.71. The van der Waals surface area contributed by atoms with E-state index in [9.17, 15) is 4.79 Å². The van der Waals surface area contributed by atoms with Gasteiger partial charge in [0.25, 0.3) is 5.56 Å². The van der Waals surface area contributed by atoms with E-state index >= 15 is 0 Å². The Morgan fingerprint density at radius 3 is 2.48 bits per heavy atom. The third-order valence-electron chi connectivity index (χ3n) is 4.25. The van der Waals surface area contributed by atoms with Crippen LogP contribution >= 0.6 is 0 Å². The van der Waals surface area contributed by atoms with Crippen molar-refractivity contribution in [2.24, 2.45) is 0 Å². The fourth-order valence-electron chi connectivity index (χ4n) is 2.94. The van der Waals surface area contributed by atoms with Crippen LogP contribution in [-0.2, 0) is 0 Å². The molecule has 0 bridgehead atoms. The summed E-state index contributed by atoms with van der Waals surface area (Å²) >= 11 is 0. The molecular formula is C20H13N5O2. The smallest absolute Gasteiger partial charge is 0.273 e. The van der Waals surface area contributed by atoms with Crippen molar-refractivity contribution in [3.05, 3.63) is 83.6 Å². The minimum absolute atomic E-state index is 0.186. The van der Waals surface area contributed by atoms with Crippen molar-refractivity contribution in [3.8, 4) is 34.1 Å². The van der Waals surface area contributed by atoms with Gasteiger partial charge in [-0.15, -0.1) is 0 Å². The number of H-pyrrole nitrogens is 1. The maximum absolute atomic E-state index is 12.5. The Bertz CT molecular complexity index is 1270. The molecule has 0 saturated carbocycles. The van der Waals surface area contributed by atoms with Crippen LogP contribution in [0.15, 0.2) is 82.5 Å². The first kappa shape index (κ1) is 15.3. The molecule has 0 atom stereocenters. The second-order valence-electron chi connectivity index (χ2n) is 5.97. The van der Waals surface area contributed by atoms with Gasteiger partial charge in [0, 0.05) is 29.5 Å². The number of aromatic amines is 1. The fourth-order valence-corrected chi connectivity index (χ4v) is 2.94. The molecule has 1 N–H and O–H groups in total. The third-order valence-corrected chi connectivity index (χ3v) is 4.25. The summed E-state index contributed by atoms with van der Waals surface area (Å²) in [4.78, 5) is 25.6. The Kier molecular flexibility index (Phi) is 3.43. The second-order valence-corrected chi connectivity index (χ2v) is 5.97. The molecule has 7 heteroatoms. The lowest BCUT2D eigenvalue weighted by Gasteiger charge is -2.02. The monoisotopic (exact) mass is 355 g/mol. The maximum Gasteiger partial charge on any atom is 0.273 e. The number of hydrogen-bond acceptors (Lipinski definition) is 5. The van der Waals surface area contributed by atoms with Crippen molar-refractivity contribution in [1.29, 1.82) is 0 Å². The van der Waals surface area contributed by atoms with Crippen LogP contribution in [0.5, 0.6) is 0 Å². The standard InChI is InChI=1S/C20H13N5O2/c26-19-12-16(13-4-6-14(7-5-13)20-22-9-10-27-20)23-18-11-17(24-25(18)19)15-3-1-2-8-21-15/h1-12,24H. The molecule has 4 aromatic heterocycles. The molecule has 0 amide bonds. The minimum Gasteiger partial charge on any atom is -0.445 e. The average molecular weight is 355 g/mol. The van der Waals surface area contributed by atoms with E-state index in [-0.39, 0.29) is 5.56 Å². The molecular weight excluding hydrogens is 342 g/mol. The van der Waals surface area contributed by atoms with Gasteiger partial charge in [-0.3, -0.25) is 14.9 Å². The normalized spacial score (nSPS) is 11.1. The first-order valence-electron chi connectivity index (χ1n) is 8.32. The van der Waals surface area contributed by atoms with E-state index in [1.54, 1.807) is 12.4 Å². The van der Waals surface area contributed by atoms with Gasteiger partial charge < -0.3 is 4.42 Å². The number of pyridine rings is 1. The predicted molar refractivity (Wildman–Crippen MR) is 100.0 cm³/mol. The lowest BCUT2D eigenvalue weighted by molar-refractivity contribution is 0.574. The zero-order valence-corrected chi connectivity index (χ0v) is 14.0. The van der Waals surface area contributed by atoms with Gasteiger partial charge in [-0.25, -0.2) is 14.5 Å². The summed E-state index contributed by atoms with van der Waals surface area (Å²) in [6.07, 6.45) is 4.84. The van der Waals surface area contributed by atoms with Crippen LogP contribution < -0.4 is 5.56 Å². The molecule has 0 aliphatic heterocycles. The van der Waals surface area contributed by atoms with E-state index in [2.05, 4.69) is 20.1 Å². The highest BCUT2D eigenvalue weighted by Gasteiger charge is 2.10. The van der Waals surface area contributed by atoms with Gasteiger partial charge in [0.2, 0.25) is 5.89 Å². The Morgan fingerprint density at radius 1 is 0.889 bits per heavy atom. The molecule has 4 heterocycles.